The quantitative estimate of drug-likeness (QED) is 0.483. The Morgan fingerprint density at radius 2 is 1.79 bits per heavy atom. The SMILES string of the molecule is CCN(C[C@H]1N[C@@](Cc2ccccc2)(C(=O)OC)[C@H]2C(=O)N(C)C(=O)[C@@H]12)C(=O)C1CCCCC1. The number of likely N-dealkylation sites (tertiary alicyclic amines) is 1. The molecule has 2 aliphatic heterocycles. The van der Waals surface area contributed by atoms with Gasteiger partial charge in [-0.15, -0.1) is 0 Å². The van der Waals surface area contributed by atoms with Gasteiger partial charge in [-0.05, 0) is 25.3 Å². The second-order valence-electron chi connectivity index (χ2n) is 9.83. The first-order valence-electron chi connectivity index (χ1n) is 12.3. The number of benzene rings is 1. The zero-order valence-corrected chi connectivity index (χ0v) is 20.3. The van der Waals surface area contributed by atoms with Gasteiger partial charge in [-0.25, -0.2) is 0 Å². The van der Waals surface area contributed by atoms with Gasteiger partial charge in [0.05, 0.1) is 18.9 Å². The maximum absolute atomic E-state index is 13.3. The molecule has 1 aliphatic carbocycles. The summed E-state index contributed by atoms with van der Waals surface area (Å²) in [7, 11) is 2.77. The van der Waals surface area contributed by atoms with Crippen LogP contribution in [0.1, 0.15) is 44.6 Å². The number of ether oxygens (including phenoxy) is 1. The first-order chi connectivity index (χ1) is 16.3. The van der Waals surface area contributed by atoms with Gasteiger partial charge in [-0.1, -0.05) is 49.6 Å². The van der Waals surface area contributed by atoms with Crippen LogP contribution in [0.2, 0.25) is 0 Å². The number of imide groups is 1. The smallest absolute Gasteiger partial charge is 0.327 e. The van der Waals surface area contributed by atoms with E-state index in [2.05, 4.69) is 5.32 Å². The number of hydrogen-bond donors (Lipinski definition) is 1. The summed E-state index contributed by atoms with van der Waals surface area (Å²) in [4.78, 5) is 56.0. The van der Waals surface area contributed by atoms with Crippen molar-refractivity contribution in [2.45, 2.75) is 57.0 Å². The Labute approximate surface area is 201 Å². The summed E-state index contributed by atoms with van der Waals surface area (Å²) in [6, 6.07) is 8.89. The van der Waals surface area contributed by atoms with Crippen molar-refractivity contribution in [3.63, 3.8) is 0 Å². The summed E-state index contributed by atoms with van der Waals surface area (Å²) >= 11 is 0. The number of hydrogen-bond acceptors (Lipinski definition) is 6. The predicted molar refractivity (Wildman–Crippen MR) is 125 cm³/mol. The molecule has 184 valence electrons. The number of methoxy groups -OCH3 is 1. The van der Waals surface area contributed by atoms with Crippen molar-refractivity contribution in [3.8, 4) is 0 Å². The lowest BCUT2D eigenvalue weighted by atomic mass is 9.76. The number of likely N-dealkylation sites (N-methyl/N-ethyl adjacent to an activating group) is 1. The van der Waals surface area contributed by atoms with Crippen LogP contribution in [0.15, 0.2) is 30.3 Å². The summed E-state index contributed by atoms with van der Waals surface area (Å²) < 4.78 is 5.19. The molecule has 8 nitrogen and oxygen atoms in total. The lowest BCUT2D eigenvalue weighted by molar-refractivity contribution is -0.153. The molecular formula is C26H35N3O5. The van der Waals surface area contributed by atoms with Crippen LogP contribution < -0.4 is 5.32 Å². The van der Waals surface area contributed by atoms with Gasteiger partial charge in [-0.2, -0.15) is 0 Å². The first-order valence-corrected chi connectivity index (χ1v) is 12.3. The van der Waals surface area contributed by atoms with Crippen LogP contribution in [0.4, 0.5) is 0 Å². The minimum atomic E-state index is -1.38. The Morgan fingerprint density at radius 3 is 2.41 bits per heavy atom. The van der Waals surface area contributed by atoms with E-state index < -0.39 is 29.4 Å². The molecule has 2 saturated heterocycles. The maximum Gasteiger partial charge on any atom is 0.327 e. The number of amides is 3. The Hall–Kier alpha value is -2.74. The molecule has 3 fully saturated rings. The average molecular weight is 470 g/mol. The van der Waals surface area contributed by atoms with E-state index in [0.29, 0.717) is 6.54 Å². The van der Waals surface area contributed by atoms with Crippen LogP contribution in [0.25, 0.3) is 0 Å². The molecule has 1 N–H and O–H groups in total. The molecule has 0 spiro atoms. The minimum absolute atomic E-state index is 0.00386. The molecule has 4 atom stereocenters. The second kappa shape index (κ2) is 9.86. The molecule has 8 heteroatoms. The van der Waals surface area contributed by atoms with Crippen molar-refractivity contribution < 1.29 is 23.9 Å². The first kappa shape index (κ1) is 24.4. The third-order valence-electron chi connectivity index (χ3n) is 7.92. The van der Waals surface area contributed by atoms with Crippen LogP contribution in [-0.2, 0) is 30.3 Å². The van der Waals surface area contributed by atoms with Gasteiger partial charge in [0.1, 0.15) is 5.54 Å². The molecular weight excluding hydrogens is 434 g/mol. The molecule has 1 aromatic carbocycles. The zero-order chi connectivity index (χ0) is 24.5. The Kier molecular flexibility index (Phi) is 7.07. The van der Waals surface area contributed by atoms with Crippen molar-refractivity contribution in [1.29, 1.82) is 0 Å². The summed E-state index contributed by atoms with van der Waals surface area (Å²) in [5.74, 6) is -2.76. The number of carbonyl (C=O) groups excluding carboxylic acids is 4. The molecule has 1 aromatic rings. The molecule has 0 radical (unpaired) electrons. The molecule has 34 heavy (non-hydrogen) atoms. The topological polar surface area (TPSA) is 96.0 Å². The van der Waals surface area contributed by atoms with Gasteiger partial charge in [-0.3, -0.25) is 29.4 Å². The van der Waals surface area contributed by atoms with E-state index in [1.807, 2.05) is 37.3 Å². The fraction of sp³-hybridized carbons (Fsp3) is 0.615. The summed E-state index contributed by atoms with van der Waals surface area (Å²) in [6.45, 7) is 2.71. The normalized spacial score (nSPS) is 29.3. The highest BCUT2D eigenvalue weighted by atomic mass is 16.5. The molecule has 3 amide bonds. The van der Waals surface area contributed by atoms with Crippen LogP contribution in [0, 0.1) is 17.8 Å². The predicted octanol–water partition coefficient (Wildman–Crippen LogP) is 1.77. The fourth-order valence-corrected chi connectivity index (χ4v) is 6.17. The monoisotopic (exact) mass is 469 g/mol. The lowest BCUT2D eigenvalue weighted by Crippen LogP contribution is -2.59. The van der Waals surface area contributed by atoms with E-state index in [4.69, 9.17) is 4.74 Å². The van der Waals surface area contributed by atoms with E-state index in [0.717, 1.165) is 42.6 Å². The largest absolute Gasteiger partial charge is 0.468 e. The summed E-state index contributed by atoms with van der Waals surface area (Å²) in [5.41, 5.74) is -0.517. The molecule has 0 unspecified atom stereocenters. The van der Waals surface area contributed by atoms with Crippen molar-refractivity contribution in [1.82, 2.24) is 15.1 Å². The molecule has 0 aromatic heterocycles. The fourth-order valence-electron chi connectivity index (χ4n) is 6.17. The van der Waals surface area contributed by atoms with E-state index in [1.54, 1.807) is 4.90 Å². The molecule has 0 bridgehead atoms. The Balaban J connectivity index is 1.68. The summed E-state index contributed by atoms with van der Waals surface area (Å²) in [5, 5.41) is 3.37. The third kappa shape index (κ3) is 4.13. The molecule has 3 aliphatic rings. The number of carbonyl (C=O) groups is 4. The van der Waals surface area contributed by atoms with Crippen LogP contribution in [0.3, 0.4) is 0 Å². The highest BCUT2D eigenvalue weighted by Gasteiger charge is 2.68. The number of esters is 1. The summed E-state index contributed by atoms with van der Waals surface area (Å²) in [6.07, 6.45) is 5.27. The number of fused-ring (bicyclic) bond motifs is 1. The van der Waals surface area contributed by atoms with Crippen molar-refractivity contribution >= 4 is 23.7 Å². The highest BCUT2D eigenvalue weighted by molar-refractivity contribution is 6.09. The number of rotatable bonds is 7. The van der Waals surface area contributed by atoms with E-state index in [-0.39, 0.29) is 36.6 Å². The maximum atomic E-state index is 13.3. The molecule has 4 rings (SSSR count). The van der Waals surface area contributed by atoms with Gasteiger partial charge in [0.2, 0.25) is 17.7 Å². The van der Waals surface area contributed by atoms with Gasteiger partial charge in [0, 0.05) is 38.5 Å². The minimum Gasteiger partial charge on any atom is -0.468 e. The zero-order valence-electron chi connectivity index (χ0n) is 20.3. The van der Waals surface area contributed by atoms with Crippen LogP contribution in [0.5, 0.6) is 0 Å². The Morgan fingerprint density at radius 1 is 1.12 bits per heavy atom. The molecule has 1 saturated carbocycles. The lowest BCUT2D eigenvalue weighted by Gasteiger charge is -2.34. The number of nitrogens with one attached hydrogen (secondary N) is 1. The van der Waals surface area contributed by atoms with E-state index in [1.165, 1.54) is 14.2 Å². The van der Waals surface area contributed by atoms with Gasteiger partial charge in [0.15, 0.2) is 0 Å². The standard InChI is InChI=1S/C26H35N3O5/c1-4-29(22(30)18-13-9-6-10-14-18)16-19-20-21(24(32)28(2)23(20)31)26(27-19,25(33)34-3)15-17-11-7-5-8-12-17/h5,7-8,11-12,18-21,27H,4,6,9-10,13-16H2,1-3H3/t19-,20+,21-,26-/m1/s1. The van der Waals surface area contributed by atoms with E-state index >= 15 is 0 Å². The number of nitrogens with zero attached hydrogens (tertiary/aromatic N) is 2. The molecule has 2 heterocycles. The van der Waals surface area contributed by atoms with Crippen molar-refractivity contribution in [2.75, 3.05) is 27.2 Å². The van der Waals surface area contributed by atoms with Crippen molar-refractivity contribution in [2.24, 2.45) is 17.8 Å². The van der Waals surface area contributed by atoms with E-state index in [9.17, 15) is 19.2 Å². The third-order valence-corrected chi connectivity index (χ3v) is 7.92. The second-order valence-corrected chi connectivity index (χ2v) is 9.83. The Bertz CT molecular complexity index is 945. The average Bonchev–Trinajstić information content (AvgIpc) is 3.31. The van der Waals surface area contributed by atoms with Gasteiger partial charge in [0.25, 0.3) is 0 Å². The highest BCUT2D eigenvalue weighted by Crippen LogP contribution is 2.45. The van der Waals surface area contributed by atoms with Crippen LogP contribution >= 0.6 is 0 Å². The van der Waals surface area contributed by atoms with Gasteiger partial charge >= 0.3 is 5.97 Å². The van der Waals surface area contributed by atoms with Crippen LogP contribution in [-0.4, -0.2) is 72.3 Å². The van der Waals surface area contributed by atoms with Crippen molar-refractivity contribution in [3.05, 3.63) is 35.9 Å². The van der Waals surface area contributed by atoms with Gasteiger partial charge < -0.3 is 9.64 Å².